The average molecular weight is 378 g/mol. The standard InChI is InChI=1S/C16H30N2O6S/c1-16(2,3)7-5-6-14(19)17-8-9-24-13(10-17)11-18(12-15(20)21)25(4,22)23/h13H,5-12H2,1-4H3,(H,20,21). The third-order valence-electron chi connectivity index (χ3n) is 4.00. The van der Waals surface area contributed by atoms with Gasteiger partial charge in [0.05, 0.1) is 19.0 Å². The van der Waals surface area contributed by atoms with Crippen LogP contribution in [0.1, 0.15) is 40.0 Å². The first kappa shape index (κ1) is 21.9. The number of morpholine rings is 1. The molecule has 0 aromatic carbocycles. The predicted molar refractivity (Wildman–Crippen MR) is 93.7 cm³/mol. The van der Waals surface area contributed by atoms with Crippen molar-refractivity contribution < 1.29 is 27.9 Å². The van der Waals surface area contributed by atoms with E-state index in [4.69, 9.17) is 9.84 Å². The van der Waals surface area contributed by atoms with Gasteiger partial charge in [0.2, 0.25) is 15.9 Å². The normalized spacial score (nSPS) is 19.2. The van der Waals surface area contributed by atoms with Crippen molar-refractivity contribution in [2.45, 2.75) is 46.1 Å². The highest BCUT2D eigenvalue weighted by atomic mass is 32.2. The van der Waals surface area contributed by atoms with E-state index >= 15 is 0 Å². The Morgan fingerprint density at radius 1 is 1.32 bits per heavy atom. The summed E-state index contributed by atoms with van der Waals surface area (Å²) in [5.41, 5.74) is 0.181. The SMILES string of the molecule is CC(C)(C)CCCC(=O)N1CCOC(CN(CC(=O)O)S(C)(=O)=O)C1. The van der Waals surface area contributed by atoms with Gasteiger partial charge in [0.25, 0.3) is 0 Å². The van der Waals surface area contributed by atoms with E-state index < -0.39 is 28.6 Å². The number of carbonyl (C=O) groups excluding carboxylic acids is 1. The van der Waals surface area contributed by atoms with Crippen LogP contribution in [0.5, 0.6) is 0 Å². The van der Waals surface area contributed by atoms with Gasteiger partial charge in [-0.3, -0.25) is 9.59 Å². The summed E-state index contributed by atoms with van der Waals surface area (Å²) in [6, 6.07) is 0. The minimum absolute atomic E-state index is 0.0293. The van der Waals surface area contributed by atoms with Gasteiger partial charge in [-0.15, -0.1) is 0 Å². The Bertz CT molecular complexity index is 570. The number of ether oxygens (including phenoxy) is 1. The van der Waals surface area contributed by atoms with Gasteiger partial charge in [0, 0.05) is 26.1 Å². The molecule has 1 aliphatic rings. The van der Waals surface area contributed by atoms with Gasteiger partial charge in [-0.25, -0.2) is 8.42 Å². The second kappa shape index (κ2) is 8.95. The lowest BCUT2D eigenvalue weighted by atomic mass is 9.90. The summed E-state index contributed by atoms with van der Waals surface area (Å²) in [7, 11) is -3.66. The number of nitrogens with zero attached hydrogens (tertiary/aromatic N) is 2. The first-order valence-corrected chi connectivity index (χ1v) is 10.3. The maximum Gasteiger partial charge on any atom is 0.318 e. The molecular weight excluding hydrogens is 348 g/mol. The number of rotatable bonds is 8. The molecule has 1 aliphatic heterocycles. The number of hydrogen-bond donors (Lipinski definition) is 1. The Balaban J connectivity index is 2.58. The molecule has 1 unspecified atom stereocenters. The maximum atomic E-state index is 12.3. The van der Waals surface area contributed by atoms with E-state index in [1.54, 1.807) is 4.90 Å². The predicted octanol–water partition coefficient (Wildman–Crippen LogP) is 0.776. The zero-order valence-corrected chi connectivity index (χ0v) is 16.3. The fourth-order valence-electron chi connectivity index (χ4n) is 2.68. The smallest absolute Gasteiger partial charge is 0.318 e. The van der Waals surface area contributed by atoms with Crippen molar-refractivity contribution in [2.75, 3.05) is 39.0 Å². The molecule has 0 spiro atoms. The Kier molecular flexibility index (Phi) is 7.83. The third-order valence-corrected chi connectivity index (χ3v) is 5.21. The molecule has 0 radical (unpaired) electrons. The molecule has 1 atom stereocenters. The minimum Gasteiger partial charge on any atom is -0.480 e. The lowest BCUT2D eigenvalue weighted by Crippen LogP contribution is -2.51. The molecule has 1 rings (SSSR count). The van der Waals surface area contributed by atoms with Crippen molar-refractivity contribution in [3.8, 4) is 0 Å². The van der Waals surface area contributed by atoms with Crippen LogP contribution in [-0.4, -0.2) is 79.8 Å². The summed E-state index contributed by atoms with van der Waals surface area (Å²) in [5, 5.41) is 8.87. The number of sulfonamides is 1. The number of amides is 1. The van der Waals surface area contributed by atoms with E-state index in [1.165, 1.54) is 0 Å². The molecule has 0 aliphatic carbocycles. The van der Waals surface area contributed by atoms with E-state index in [0.29, 0.717) is 19.6 Å². The Labute approximate surface area is 150 Å². The monoisotopic (exact) mass is 378 g/mol. The largest absolute Gasteiger partial charge is 0.480 e. The molecular formula is C16H30N2O6S. The Morgan fingerprint density at radius 2 is 1.96 bits per heavy atom. The van der Waals surface area contributed by atoms with Gasteiger partial charge in [-0.2, -0.15) is 4.31 Å². The van der Waals surface area contributed by atoms with E-state index in [1.807, 2.05) is 0 Å². The minimum atomic E-state index is -3.66. The van der Waals surface area contributed by atoms with E-state index in [-0.39, 0.29) is 24.4 Å². The number of carboxylic acid groups (broad SMARTS) is 1. The second-order valence-electron chi connectivity index (χ2n) is 7.70. The number of carbonyl (C=O) groups is 2. The van der Waals surface area contributed by atoms with E-state index in [2.05, 4.69) is 20.8 Å². The van der Waals surface area contributed by atoms with Crippen molar-refractivity contribution in [3.05, 3.63) is 0 Å². The molecule has 25 heavy (non-hydrogen) atoms. The second-order valence-corrected chi connectivity index (χ2v) is 9.68. The van der Waals surface area contributed by atoms with Crippen LogP contribution >= 0.6 is 0 Å². The lowest BCUT2D eigenvalue weighted by molar-refractivity contribution is -0.141. The van der Waals surface area contributed by atoms with Crippen molar-refractivity contribution in [1.82, 2.24) is 9.21 Å². The van der Waals surface area contributed by atoms with Gasteiger partial charge in [0.15, 0.2) is 0 Å². The fourth-order valence-corrected chi connectivity index (χ4v) is 3.46. The van der Waals surface area contributed by atoms with Crippen LogP contribution in [0, 0.1) is 5.41 Å². The van der Waals surface area contributed by atoms with E-state index in [0.717, 1.165) is 23.4 Å². The summed E-state index contributed by atoms with van der Waals surface area (Å²) < 4.78 is 29.8. The zero-order chi connectivity index (χ0) is 19.3. The molecule has 1 heterocycles. The molecule has 1 amide bonds. The van der Waals surface area contributed by atoms with Crippen LogP contribution < -0.4 is 0 Å². The maximum absolute atomic E-state index is 12.3. The molecule has 146 valence electrons. The Morgan fingerprint density at radius 3 is 2.48 bits per heavy atom. The van der Waals surface area contributed by atoms with Crippen LogP contribution in [0.3, 0.4) is 0 Å². The summed E-state index contributed by atoms with van der Waals surface area (Å²) >= 11 is 0. The highest BCUT2D eigenvalue weighted by molar-refractivity contribution is 7.88. The van der Waals surface area contributed by atoms with Crippen molar-refractivity contribution in [1.29, 1.82) is 0 Å². The number of carboxylic acids is 1. The summed E-state index contributed by atoms with van der Waals surface area (Å²) in [6.07, 6.45) is 2.66. The van der Waals surface area contributed by atoms with Crippen LogP contribution in [0.2, 0.25) is 0 Å². The summed E-state index contributed by atoms with van der Waals surface area (Å²) in [4.78, 5) is 24.9. The van der Waals surface area contributed by atoms with Crippen LogP contribution in [0.25, 0.3) is 0 Å². The van der Waals surface area contributed by atoms with Crippen LogP contribution in [0.4, 0.5) is 0 Å². The van der Waals surface area contributed by atoms with Gasteiger partial charge >= 0.3 is 5.97 Å². The molecule has 1 fully saturated rings. The summed E-state index contributed by atoms with van der Waals surface area (Å²) in [5.74, 6) is -1.20. The van der Waals surface area contributed by atoms with Crippen molar-refractivity contribution >= 4 is 21.9 Å². The Hall–Kier alpha value is -1.19. The highest BCUT2D eigenvalue weighted by Gasteiger charge is 2.29. The molecule has 0 saturated carbocycles. The van der Waals surface area contributed by atoms with Gasteiger partial charge in [-0.1, -0.05) is 20.8 Å². The fraction of sp³-hybridized carbons (Fsp3) is 0.875. The molecule has 0 bridgehead atoms. The van der Waals surface area contributed by atoms with Gasteiger partial charge in [0.1, 0.15) is 6.54 Å². The number of hydrogen-bond acceptors (Lipinski definition) is 5. The molecule has 0 aromatic heterocycles. The first-order valence-electron chi connectivity index (χ1n) is 8.45. The topological polar surface area (TPSA) is 104 Å². The lowest BCUT2D eigenvalue weighted by Gasteiger charge is -2.35. The quantitative estimate of drug-likeness (QED) is 0.669. The van der Waals surface area contributed by atoms with Gasteiger partial charge < -0.3 is 14.7 Å². The zero-order valence-electron chi connectivity index (χ0n) is 15.5. The van der Waals surface area contributed by atoms with Gasteiger partial charge in [-0.05, 0) is 18.3 Å². The van der Waals surface area contributed by atoms with Crippen molar-refractivity contribution in [2.24, 2.45) is 5.41 Å². The third kappa shape index (κ3) is 8.64. The number of aliphatic carboxylic acids is 1. The van der Waals surface area contributed by atoms with E-state index in [9.17, 15) is 18.0 Å². The first-order chi connectivity index (χ1) is 11.4. The molecule has 8 nitrogen and oxygen atoms in total. The van der Waals surface area contributed by atoms with Crippen LogP contribution in [-0.2, 0) is 24.3 Å². The molecule has 9 heteroatoms. The molecule has 1 N–H and O–H groups in total. The summed E-state index contributed by atoms with van der Waals surface area (Å²) in [6.45, 7) is 6.78. The van der Waals surface area contributed by atoms with Crippen LogP contribution in [0.15, 0.2) is 0 Å². The van der Waals surface area contributed by atoms with Crippen molar-refractivity contribution in [3.63, 3.8) is 0 Å². The highest BCUT2D eigenvalue weighted by Crippen LogP contribution is 2.22. The molecule has 0 aromatic rings. The average Bonchev–Trinajstić information content (AvgIpc) is 2.44. The molecule has 1 saturated heterocycles.